The van der Waals surface area contributed by atoms with Gasteiger partial charge < -0.3 is 24.8 Å². The van der Waals surface area contributed by atoms with Crippen LogP contribution in [-0.2, 0) is 16.0 Å². The second-order valence-electron chi connectivity index (χ2n) is 8.14. The van der Waals surface area contributed by atoms with Gasteiger partial charge in [0.25, 0.3) is 5.91 Å². The van der Waals surface area contributed by atoms with Crippen LogP contribution in [0.5, 0.6) is 23.0 Å². The molecule has 7 heteroatoms. The van der Waals surface area contributed by atoms with Crippen LogP contribution >= 0.6 is 0 Å². The maximum atomic E-state index is 13.0. The number of methoxy groups -OCH3 is 2. The number of rotatable bonds is 10. The fourth-order valence-corrected chi connectivity index (χ4v) is 3.42. The molecule has 35 heavy (non-hydrogen) atoms. The summed E-state index contributed by atoms with van der Waals surface area (Å²) in [7, 11) is 6.60. The predicted molar refractivity (Wildman–Crippen MR) is 137 cm³/mol. The second-order valence-corrected chi connectivity index (χ2v) is 8.14. The number of aryl methyl sites for hydroxylation is 1. The van der Waals surface area contributed by atoms with Crippen LogP contribution < -0.4 is 19.9 Å². The van der Waals surface area contributed by atoms with Gasteiger partial charge in [-0.25, -0.2) is 0 Å². The number of amides is 2. The molecule has 2 N–H and O–H groups in total. The summed E-state index contributed by atoms with van der Waals surface area (Å²) in [5.74, 6) is 2.12. The van der Waals surface area contributed by atoms with E-state index in [1.54, 1.807) is 34.4 Å². The minimum Gasteiger partial charge on any atom is -0.497 e. The molecule has 0 bridgehead atoms. The molecule has 0 atom stereocenters. The van der Waals surface area contributed by atoms with E-state index in [-0.39, 0.29) is 11.8 Å². The van der Waals surface area contributed by atoms with E-state index in [0.29, 0.717) is 41.4 Å². The van der Waals surface area contributed by atoms with Crippen molar-refractivity contribution in [1.82, 2.24) is 4.90 Å². The minimum atomic E-state index is -0.322. The van der Waals surface area contributed by atoms with Crippen molar-refractivity contribution in [3.05, 3.63) is 83.4 Å². The molecule has 0 aromatic heterocycles. The summed E-state index contributed by atoms with van der Waals surface area (Å²) in [6.07, 6.45) is 2.72. The molecule has 3 aromatic rings. The van der Waals surface area contributed by atoms with Crippen molar-refractivity contribution in [2.75, 3.05) is 28.3 Å². The maximum Gasteiger partial charge on any atom is 0.253 e. The van der Waals surface area contributed by atoms with E-state index in [0.717, 1.165) is 16.7 Å². The Kier molecular flexibility index (Phi) is 8.51. The Morgan fingerprint density at radius 2 is 1.37 bits per heavy atom. The van der Waals surface area contributed by atoms with Crippen molar-refractivity contribution in [3.8, 4) is 23.0 Å². The molecule has 0 saturated heterocycles. The van der Waals surface area contributed by atoms with Crippen molar-refractivity contribution in [2.45, 2.75) is 12.8 Å². The standard InChI is InChI=1S/C28H30N2O5/c1-30(2)28(32)26(17-20-15-24(33-3)18-25(16-20)34-4)21-8-12-23(13-9-21)35-22-10-5-19(6-11-22)7-14-27(29)31/h5-6,8-13,15-18H,7,14H2,1-4H3,(H2,29,31)/b26-17+. The van der Waals surface area contributed by atoms with Crippen LogP contribution in [0.25, 0.3) is 11.6 Å². The van der Waals surface area contributed by atoms with E-state index in [2.05, 4.69) is 0 Å². The van der Waals surface area contributed by atoms with Gasteiger partial charge in [0.2, 0.25) is 5.91 Å². The van der Waals surface area contributed by atoms with E-state index in [4.69, 9.17) is 19.9 Å². The van der Waals surface area contributed by atoms with Crippen LogP contribution in [0.1, 0.15) is 23.1 Å². The smallest absolute Gasteiger partial charge is 0.253 e. The van der Waals surface area contributed by atoms with Crippen LogP contribution in [0.3, 0.4) is 0 Å². The van der Waals surface area contributed by atoms with Gasteiger partial charge >= 0.3 is 0 Å². The number of nitrogens with zero attached hydrogens (tertiary/aromatic N) is 1. The SMILES string of the molecule is COc1cc(/C=C(/C(=O)N(C)C)c2ccc(Oc3ccc(CCC(N)=O)cc3)cc2)cc(OC)c1. The number of carbonyl (C=O) groups is 2. The Bertz CT molecular complexity index is 1180. The molecule has 0 aliphatic heterocycles. The molecule has 0 heterocycles. The fourth-order valence-electron chi connectivity index (χ4n) is 3.42. The number of hydrogen-bond donors (Lipinski definition) is 1. The van der Waals surface area contributed by atoms with Gasteiger partial charge in [0.15, 0.2) is 0 Å². The average Bonchev–Trinajstić information content (AvgIpc) is 2.86. The molecule has 0 spiro atoms. The first-order valence-corrected chi connectivity index (χ1v) is 11.1. The number of likely N-dealkylation sites (N-methyl/N-ethyl adjacent to an activating group) is 1. The lowest BCUT2D eigenvalue weighted by Crippen LogP contribution is -2.22. The van der Waals surface area contributed by atoms with E-state index < -0.39 is 0 Å². The highest BCUT2D eigenvalue weighted by molar-refractivity contribution is 6.24. The third kappa shape index (κ3) is 7.11. The van der Waals surface area contributed by atoms with E-state index in [1.165, 1.54) is 4.90 Å². The number of benzene rings is 3. The van der Waals surface area contributed by atoms with E-state index in [9.17, 15) is 9.59 Å². The number of ether oxygens (including phenoxy) is 3. The van der Waals surface area contributed by atoms with Gasteiger partial charge in [0.05, 0.1) is 14.2 Å². The second kappa shape index (κ2) is 11.7. The summed E-state index contributed by atoms with van der Waals surface area (Å²) in [5, 5.41) is 0. The van der Waals surface area contributed by atoms with Crippen molar-refractivity contribution in [2.24, 2.45) is 5.73 Å². The van der Waals surface area contributed by atoms with Crippen LogP contribution in [0, 0.1) is 0 Å². The summed E-state index contributed by atoms with van der Waals surface area (Å²) >= 11 is 0. The van der Waals surface area contributed by atoms with Crippen molar-refractivity contribution in [1.29, 1.82) is 0 Å². The molecule has 0 radical (unpaired) electrons. The largest absolute Gasteiger partial charge is 0.497 e. The van der Waals surface area contributed by atoms with Crippen molar-refractivity contribution in [3.63, 3.8) is 0 Å². The zero-order valence-electron chi connectivity index (χ0n) is 20.4. The van der Waals surface area contributed by atoms with Gasteiger partial charge in [-0.3, -0.25) is 9.59 Å². The topological polar surface area (TPSA) is 91.1 Å². The van der Waals surface area contributed by atoms with Crippen LogP contribution in [0.4, 0.5) is 0 Å². The number of nitrogens with two attached hydrogens (primary N) is 1. The molecule has 7 nitrogen and oxygen atoms in total. The lowest BCUT2D eigenvalue weighted by atomic mass is 10.0. The maximum absolute atomic E-state index is 13.0. The summed E-state index contributed by atoms with van der Waals surface area (Å²) in [6, 6.07) is 20.3. The summed E-state index contributed by atoms with van der Waals surface area (Å²) in [6.45, 7) is 0. The lowest BCUT2D eigenvalue weighted by molar-refractivity contribution is -0.122. The monoisotopic (exact) mass is 474 g/mol. The third-order valence-corrected chi connectivity index (χ3v) is 5.31. The van der Waals surface area contributed by atoms with Crippen LogP contribution in [0.2, 0.25) is 0 Å². The summed E-state index contributed by atoms with van der Waals surface area (Å²) in [5.41, 5.74) is 8.27. The molecule has 2 amide bonds. The summed E-state index contributed by atoms with van der Waals surface area (Å²) in [4.78, 5) is 25.5. The Labute approximate surface area is 205 Å². The summed E-state index contributed by atoms with van der Waals surface area (Å²) < 4.78 is 16.7. The number of primary amides is 1. The first-order valence-electron chi connectivity index (χ1n) is 11.1. The van der Waals surface area contributed by atoms with Crippen LogP contribution in [-0.4, -0.2) is 45.0 Å². The molecule has 0 fully saturated rings. The zero-order valence-corrected chi connectivity index (χ0v) is 20.4. The van der Waals surface area contributed by atoms with Crippen molar-refractivity contribution >= 4 is 23.5 Å². The van der Waals surface area contributed by atoms with Gasteiger partial charge in [0, 0.05) is 32.2 Å². The normalized spacial score (nSPS) is 11.0. The van der Waals surface area contributed by atoms with Gasteiger partial charge in [-0.2, -0.15) is 0 Å². The number of hydrogen-bond acceptors (Lipinski definition) is 5. The molecule has 0 unspecified atom stereocenters. The molecule has 0 aliphatic rings. The lowest BCUT2D eigenvalue weighted by Gasteiger charge is -2.15. The Morgan fingerprint density at radius 1 is 0.829 bits per heavy atom. The quantitative estimate of drug-likeness (QED) is 0.344. The Hall–Kier alpha value is -4.26. The van der Waals surface area contributed by atoms with Gasteiger partial charge in [-0.1, -0.05) is 24.3 Å². The fraction of sp³-hybridized carbons (Fsp3) is 0.214. The highest BCUT2D eigenvalue weighted by Crippen LogP contribution is 2.29. The highest BCUT2D eigenvalue weighted by atomic mass is 16.5. The zero-order chi connectivity index (χ0) is 25.4. The molecule has 0 aliphatic carbocycles. The van der Waals surface area contributed by atoms with Gasteiger partial charge in [-0.15, -0.1) is 0 Å². The van der Waals surface area contributed by atoms with Crippen LogP contribution in [0.15, 0.2) is 66.7 Å². The minimum absolute atomic E-state index is 0.132. The first kappa shape index (κ1) is 25.4. The van der Waals surface area contributed by atoms with Crippen molar-refractivity contribution < 1.29 is 23.8 Å². The molecule has 3 aromatic carbocycles. The number of carbonyl (C=O) groups excluding carboxylic acids is 2. The Morgan fingerprint density at radius 3 is 1.86 bits per heavy atom. The van der Waals surface area contributed by atoms with Gasteiger partial charge in [0.1, 0.15) is 23.0 Å². The Balaban J connectivity index is 1.84. The van der Waals surface area contributed by atoms with E-state index in [1.807, 2.05) is 66.7 Å². The highest BCUT2D eigenvalue weighted by Gasteiger charge is 2.15. The third-order valence-electron chi connectivity index (χ3n) is 5.31. The molecular weight excluding hydrogens is 444 g/mol. The van der Waals surface area contributed by atoms with Gasteiger partial charge in [-0.05, 0) is 65.6 Å². The molecule has 0 saturated carbocycles. The average molecular weight is 475 g/mol. The van der Waals surface area contributed by atoms with E-state index >= 15 is 0 Å². The first-order chi connectivity index (χ1) is 16.8. The molecule has 3 rings (SSSR count). The molecule has 182 valence electrons. The molecular formula is C28H30N2O5. The predicted octanol–water partition coefficient (Wildman–Crippen LogP) is 4.54.